The van der Waals surface area contributed by atoms with E-state index in [1.807, 2.05) is 36.5 Å². The molecule has 1 aliphatic heterocycles. The zero-order chi connectivity index (χ0) is 28.3. The zero-order valence-electron chi connectivity index (χ0n) is 23.0. The third-order valence-corrected chi connectivity index (χ3v) is 8.47. The number of carbonyl (C=O) groups excluding carboxylic acids is 1. The number of aromatic amines is 1. The van der Waals surface area contributed by atoms with Gasteiger partial charge in [0.25, 0.3) is 0 Å². The maximum atomic E-state index is 13.0. The molecule has 1 fully saturated rings. The Morgan fingerprint density at radius 1 is 1.20 bits per heavy atom. The summed E-state index contributed by atoms with van der Waals surface area (Å²) >= 11 is 6.53. The molecule has 1 amide bonds. The molecule has 210 valence electrons. The standard InChI is InChI=1S/C31H32ClN7O2/c1-20-10-11-26-25(17-34-37-26)28(20)22-8-5-9-24-27(16-22)35-30(32)36-29(24)38-14-15-39(23(18-38)12-13-33)31(40)41-19-21-6-3-2-4-7-21/h2-4,6-7,10-11,17,22-23H,5,8-9,12,14-16,18-19H2,1H3,(H,34,37)/t22?,23-/m0/s1. The molecular formula is C31H32ClN7O2. The van der Waals surface area contributed by atoms with Crippen LogP contribution in [0.3, 0.4) is 0 Å². The molecule has 6 rings (SSSR count). The number of carbonyl (C=O) groups is 1. The topological polar surface area (TPSA) is 111 Å². The molecule has 0 spiro atoms. The molecule has 3 heterocycles. The first-order valence-electron chi connectivity index (χ1n) is 14.1. The number of nitrogens with one attached hydrogen (secondary N) is 1. The van der Waals surface area contributed by atoms with E-state index in [0.29, 0.717) is 25.6 Å². The first kappa shape index (κ1) is 27.0. The van der Waals surface area contributed by atoms with Crippen molar-refractivity contribution >= 4 is 34.4 Å². The van der Waals surface area contributed by atoms with Gasteiger partial charge in [-0.15, -0.1) is 0 Å². The van der Waals surface area contributed by atoms with E-state index in [-0.39, 0.29) is 24.4 Å². The van der Waals surface area contributed by atoms with Gasteiger partial charge in [0.2, 0.25) is 5.28 Å². The van der Waals surface area contributed by atoms with Gasteiger partial charge in [-0.25, -0.2) is 14.8 Å². The number of rotatable bonds is 5. The molecule has 0 bridgehead atoms. The monoisotopic (exact) mass is 569 g/mol. The lowest BCUT2D eigenvalue weighted by molar-refractivity contribution is 0.0768. The van der Waals surface area contributed by atoms with E-state index in [1.54, 1.807) is 4.90 Å². The Hall–Kier alpha value is -4.16. The molecular weight excluding hydrogens is 538 g/mol. The maximum Gasteiger partial charge on any atom is 0.410 e. The molecule has 2 aromatic carbocycles. The Labute approximate surface area is 244 Å². The minimum atomic E-state index is -0.403. The second-order valence-corrected chi connectivity index (χ2v) is 11.2. The molecule has 9 nitrogen and oxygen atoms in total. The van der Waals surface area contributed by atoms with Gasteiger partial charge in [0.05, 0.1) is 35.9 Å². The van der Waals surface area contributed by atoms with Crippen LogP contribution in [0.2, 0.25) is 5.28 Å². The van der Waals surface area contributed by atoms with Crippen molar-refractivity contribution in [3.8, 4) is 6.07 Å². The number of amides is 1. The van der Waals surface area contributed by atoms with Gasteiger partial charge in [0.15, 0.2) is 0 Å². The summed E-state index contributed by atoms with van der Waals surface area (Å²) in [6.45, 7) is 3.83. The Morgan fingerprint density at radius 2 is 2.05 bits per heavy atom. The molecule has 1 N–H and O–H groups in total. The minimum absolute atomic E-state index is 0.196. The van der Waals surface area contributed by atoms with Crippen molar-refractivity contribution in [2.45, 2.75) is 57.6 Å². The molecule has 2 aromatic heterocycles. The highest BCUT2D eigenvalue weighted by molar-refractivity contribution is 6.28. The quantitative estimate of drug-likeness (QED) is 0.242. The van der Waals surface area contributed by atoms with Crippen LogP contribution in [-0.2, 0) is 24.2 Å². The SMILES string of the molecule is Cc1ccc2[nH]ncc2c1C1CCCc2c(nc(Cl)nc2N2CCN(C(=O)OCc3ccccc3)[C@@H](CC#N)C2)C1. The van der Waals surface area contributed by atoms with E-state index >= 15 is 0 Å². The molecule has 4 aromatic rings. The van der Waals surface area contributed by atoms with Crippen molar-refractivity contribution in [3.63, 3.8) is 0 Å². The van der Waals surface area contributed by atoms with Crippen LogP contribution in [0.25, 0.3) is 10.9 Å². The Kier molecular flexibility index (Phi) is 7.75. The minimum Gasteiger partial charge on any atom is -0.445 e. The number of benzene rings is 2. The van der Waals surface area contributed by atoms with E-state index in [0.717, 1.165) is 59.2 Å². The van der Waals surface area contributed by atoms with Gasteiger partial charge >= 0.3 is 6.09 Å². The summed E-state index contributed by atoms with van der Waals surface area (Å²) in [5.74, 6) is 1.11. The van der Waals surface area contributed by atoms with Crippen molar-refractivity contribution in [3.05, 3.63) is 81.9 Å². The summed E-state index contributed by atoms with van der Waals surface area (Å²) in [4.78, 5) is 26.3. The summed E-state index contributed by atoms with van der Waals surface area (Å²) in [7, 11) is 0. The van der Waals surface area contributed by atoms with Gasteiger partial charge in [-0.05, 0) is 72.9 Å². The third kappa shape index (κ3) is 5.57. The predicted molar refractivity (Wildman–Crippen MR) is 157 cm³/mol. The number of ether oxygens (including phenoxy) is 1. The summed E-state index contributed by atoms with van der Waals surface area (Å²) < 4.78 is 5.61. The van der Waals surface area contributed by atoms with Crippen LogP contribution in [-0.4, -0.2) is 56.8 Å². The van der Waals surface area contributed by atoms with Gasteiger partial charge in [-0.3, -0.25) is 5.10 Å². The lowest BCUT2D eigenvalue weighted by Gasteiger charge is -2.41. The number of H-pyrrole nitrogens is 1. The number of hydrogen-bond acceptors (Lipinski definition) is 7. The number of aryl methyl sites for hydroxylation is 1. The van der Waals surface area contributed by atoms with Crippen LogP contribution in [0.1, 0.15) is 53.1 Å². The highest BCUT2D eigenvalue weighted by Crippen LogP contribution is 2.39. The Balaban J connectivity index is 1.23. The predicted octanol–water partition coefficient (Wildman–Crippen LogP) is 5.72. The number of aromatic nitrogens is 4. The number of halogens is 1. The second kappa shape index (κ2) is 11.8. The van der Waals surface area contributed by atoms with Crippen LogP contribution in [0.5, 0.6) is 0 Å². The van der Waals surface area contributed by atoms with Crippen molar-refractivity contribution in [2.75, 3.05) is 24.5 Å². The summed E-state index contributed by atoms with van der Waals surface area (Å²) in [5, 5.41) is 18.3. The van der Waals surface area contributed by atoms with Gasteiger partial charge in [-0.2, -0.15) is 10.4 Å². The van der Waals surface area contributed by atoms with Gasteiger partial charge in [0, 0.05) is 30.6 Å². The largest absolute Gasteiger partial charge is 0.445 e. The van der Waals surface area contributed by atoms with Crippen molar-refractivity contribution < 1.29 is 9.53 Å². The van der Waals surface area contributed by atoms with E-state index in [2.05, 4.69) is 40.2 Å². The highest BCUT2D eigenvalue weighted by atomic mass is 35.5. The van der Waals surface area contributed by atoms with Crippen LogP contribution in [0, 0.1) is 18.3 Å². The Morgan fingerprint density at radius 3 is 2.88 bits per heavy atom. The third-order valence-electron chi connectivity index (χ3n) is 8.30. The second-order valence-electron chi connectivity index (χ2n) is 10.9. The fraction of sp³-hybridized carbons (Fsp3) is 0.387. The normalized spacial score (nSPS) is 19.0. The molecule has 1 unspecified atom stereocenters. The average molecular weight is 570 g/mol. The lowest BCUT2D eigenvalue weighted by atomic mass is 9.86. The number of anilines is 1. The molecule has 1 saturated heterocycles. The molecule has 2 atom stereocenters. The molecule has 2 aliphatic rings. The smallest absolute Gasteiger partial charge is 0.410 e. The van der Waals surface area contributed by atoms with Crippen LogP contribution in [0.15, 0.2) is 48.7 Å². The number of hydrogen-bond donors (Lipinski definition) is 1. The van der Waals surface area contributed by atoms with E-state index in [9.17, 15) is 10.1 Å². The van der Waals surface area contributed by atoms with Crippen molar-refractivity contribution in [1.82, 2.24) is 25.1 Å². The van der Waals surface area contributed by atoms with E-state index in [4.69, 9.17) is 26.3 Å². The fourth-order valence-corrected chi connectivity index (χ4v) is 6.52. The summed E-state index contributed by atoms with van der Waals surface area (Å²) in [5.41, 5.74) is 6.63. The fourth-order valence-electron chi connectivity index (χ4n) is 6.34. The first-order valence-corrected chi connectivity index (χ1v) is 14.5. The molecule has 0 radical (unpaired) electrons. The summed E-state index contributed by atoms with van der Waals surface area (Å²) in [6, 6.07) is 15.8. The number of fused-ring (bicyclic) bond motifs is 2. The molecule has 41 heavy (non-hydrogen) atoms. The van der Waals surface area contributed by atoms with Crippen molar-refractivity contribution in [2.24, 2.45) is 0 Å². The maximum absolute atomic E-state index is 13.0. The van der Waals surface area contributed by atoms with Gasteiger partial charge < -0.3 is 14.5 Å². The first-order chi connectivity index (χ1) is 20.0. The lowest BCUT2D eigenvalue weighted by Crippen LogP contribution is -2.55. The number of nitriles is 1. The van der Waals surface area contributed by atoms with Crippen molar-refractivity contribution in [1.29, 1.82) is 5.26 Å². The van der Waals surface area contributed by atoms with E-state index in [1.165, 1.54) is 11.1 Å². The Bertz CT molecular complexity index is 1600. The van der Waals surface area contributed by atoms with Crippen LogP contribution >= 0.6 is 11.6 Å². The average Bonchev–Trinajstić information content (AvgIpc) is 3.36. The van der Waals surface area contributed by atoms with Gasteiger partial charge in [-0.1, -0.05) is 36.4 Å². The van der Waals surface area contributed by atoms with E-state index < -0.39 is 6.09 Å². The van der Waals surface area contributed by atoms with Crippen LogP contribution in [0.4, 0.5) is 10.6 Å². The molecule has 0 saturated carbocycles. The summed E-state index contributed by atoms with van der Waals surface area (Å²) in [6.07, 6.45) is 5.35. The molecule has 10 heteroatoms. The number of piperazine rings is 1. The number of nitrogens with zero attached hydrogens (tertiary/aromatic N) is 6. The van der Waals surface area contributed by atoms with Crippen LogP contribution < -0.4 is 4.90 Å². The highest BCUT2D eigenvalue weighted by Gasteiger charge is 2.34. The zero-order valence-corrected chi connectivity index (χ0v) is 23.8. The molecule has 1 aliphatic carbocycles. The van der Waals surface area contributed by atoms with Gasteiger partial charge in [0.1, 0.15) is 12.4 Å².